The predicted molar refractivity (Wildman–Crippen MR) is 88.9 cm³/mol. The van der Waals surface area contributed by atoms with E-state index in [9.17, 15) is 4.79 Å². The van der Waals surface area contributed by atoms with E-state index in [1.165, 1.54) is 0 Å². The number of β-lactam (4-membered cyclic amide) rings is 1. The molecule has 0 bridgehead atoms. The summed E-state index contributed by atoms with van der Waals surface area (Å²) in [6.07, 6.45) is 0. The van der Waals surface area contributed by atoms with Gasteiger partial charge in [0, 0.05) is 5.69 Å². The molecule has 0 spiro atoms. The van der Waals surface area contributed by atoms with Gasteiger partial charge in [0.05, 0.1) is 20.3 Å². The van der Waals surface area contributed by atoms with E-state index in [1.54, 1.807) is 19.1 Å². The van der Waals surface area contributed by atoms with E-state index in [0.29, 0.717) is 11.5 Å². The fraction of sp³-hybridized carbons (Fsp3) is 0.278. The van der Waals surface area contributed by atoms with Crippen molar-refractivity contribution in [2.45, 2.75) is 19.0 Å². The lowest BCUT2D eigenvalue weighted by molar-refractivity contribution is -0.126. The molecule has 2 aromatic rings. The third-order valence-electron chi connectivity index (χ3n) is 4.17. The molecule has 0 aromatic heterocycles. The number of nitrogens with two attached hydrogens (primary N) is 1. The lowest BCUT2D eigenvalue weighted by Crippen LogP contribution is -2.63. The quantitative estimate of drug-likeness (QED) is 0.881. The second kappa shape index (κ2) is 5.93. The number of rotatable bonds is 4. The topological polar surface area (TPSA) is 64.8 Å². The lowest BCUT2D eigenvalue weighted by Gasteiger charge is -2.45. The Morgan fingerprint density at radius 2 is 1.78 bits per heavy atom. The molecule has 120 valence electrons. The summed E-state index contributed by atoms with van der Waals surface area (Å²) in [5.41, 5.74) is 8.95. The largest absolute Gasteiger partial charge is 0.493 e. The molecule has 2 aromatic carbocycles. The number of aryl methyl sites for hydroxylation is 1. The number of ether oxygens (including phenoxy) is 2. The molecule has 0 radical (unpaired) electrons. The minimum absolute atomic E-state index is 0.0737. The van der Waals surface area contributed by atoms with E-state index < -0.39 is 6.04 Å². The van der Waals surface area contributed by atoms with Crippen molar-refractivity contribution in [3.05, 3.63) is 53.6 Å². The van der Waals surface area contributed by atoms with E-state index in [2.05, 4.69) is 0 Å². The summed E-state index contributed by atoms with van der Waals surface area (Å²) in [5, 5.41) is 0. The number of nitrogens with zero attached hydrogens (tertiary/aromatic N) is 1. The summed E-state index contributed by atoms with van der Waals surface area (Å²) >= 11 is 0. The molecule has 0 unspecified atom stereocenters. The van der Waals surface area contributed by atoms with Crippen LogP contribution < -0.4 is 20.1 Å². The number of carbonyl (C=O) groups excluding carboxylic acids is 1. The Labute approximate surface area is 135 Å². The summed E-state index contributed by atoms with van der Waals surface area (Å²) in [4.78, 5) is 14.0. The van der Waals surface area contributed by atoms with Crippen LogP contribution in [0.2, 0.25) is 0 Å². The van der Waals surface area contributed by atoms with Gasteiger partial charge in [-0.25, -0.2) is 0 Å². The summed E-state index contributed by atoms with van der Waals surface area (Å²) in [7, 11) is 3.18. The number of amides is 1. The third kappa shape index (κ3) is 2.53. The van der Waals surface area contributed by atoms with E-state index >= 15 is 0 Å². The minimum Gasteiger partial charge on any atom is -0.493 e. The van der Waals surface area contributed by atoms with Gasteiger partial charge in [-0.1, -0.05) is 18.2 Å². The van der Waals surface area contributed by atoms with Gasteiger partial charge in [-0.3, -0.25) is 4.79 Å². The highest BCUT2D eigenvalue weighted by atomic mass is 16.5. The number of anilines is 1. The molecule has 1 saturated heterocycles. The van der Waals surface area contributed by atoms with Gasteiger partial charge in [0.2, 0.25) is 5.91 Å². The Balaban J connectivity index is 1.99. The average Bonchev–Trinajstić information content (AvgIpc) is 2.58. The van der Waals surface area contributed by atoms with Crippen LogP contribution in [-0.4, -0.2) is 26.2 Å². The smallest absolute Gasteiger partial charge is 0.247 e. The number of hydrogen-bond donors (Lipinski definition) is 1. The van der Waals surface area contributed by atoms with Crippen LogP contribution in [-0.2, 0) is 4.79 Å². The van der Waals surface area contributed by atoms with Crippen molar-refractivity contribution in [2.24, 2.45) is 5.73 Å². The van der Waals surface area contributed by atoms with Crippen LogP contribution in [0, 0.1) is 6.92 Å². The third-order valence-corrected chi connectivity index (χ3v) is 4.17. The van der Waals surface area contributed by atoms with Crippen molar-refractivity contribution < 1.29 is 14.3 Å². The molecule has 5 heteroatoms. The molecule has 3 rings (SSSR count). The Hall–Kier alpha value is -2.53. The van der Waals surface area contributed by atoms with Crippen molar-refractivity contribution in [1.82, 2.24) is 0 Å². The maximum absolute atomic E-state index is 12.3. The Morgan fingerprint density at radius 1 is 1.04 bits per heavy atom. The number of carbonyl (C=O) groups is 1. The van der Waals surface area contributed by atoms with E-state index in [1.807, 2.05) is 49.4 Å². The second-order valence-corrected chi connectivity index (χ2v) is 5.63. The summed E-state index contributed by atoms with van der Waals surface area (Å²) < 4.78 is 10.6. The normalized spacial score (nSPS) is 20.2. The van der Waals surface area contributed by atoms with Gasteiger partial charge in [-0.15, -0.1) is 0 Å². The van der Waals surface area contributed by atoms with Crippen molar-refractivity contribution >= 4 is 11.6 Å². The van der Waals surface area contributed by atoms with Gasteiger partial charge in [0.25, 0.3) is 0 Å². The standard InChI is InChI=1S/C18H20N2O3/c1-11-5-4-6-13(9-11)20-17(16(19)18(20)21)12-7-8-14(22-2)15(10-12)23-3/h4-10,16-17H,19H2,1-3H3/t16-,17-/m1/s1. The second-order valence-electron chi connectivity index (χ2n) is 5.63. The summed E-state index contributed by atoms with van der Waals surface area (Å²) in [5.74, 6) is 1.20. The number of methoxy groups -OCH3 is 2. The molecule has 1 fully saturated rings. The van der Waals surface area contributed by atoms with Crippen molar-refractivity contribution in [3.63, 3.8) is 0 Å². The van der Waals surface area contributed by atoms with E-state index in [0.717, 1.165) is 16.8 Å². The van der Waals surface area contributed by atoms with Crippen molar-refractivity contribution in [1.29, 1.82) is 0 Å². The summed E-state index contributed by atoms with van der Waals surface area (Å²) in [6, 6.07) is 12.7. The molecular formula is C18H20N2O3. The van der Waals surface area contributed by atoms with Crippen LogP contribution in [0.5, 0.6) is 11.5 Å². The molecule has 1 aliphatic heterocycles. The highest BCUT2D eigenvalue weighted by molar-refractivity contribution is 6.05. The minimum atomic E-state index is -0.548. The molecule has 0 aliphatic carbocycles. The van der Waals surface area contributed by atoms with Gasteiger partial charge in [-0.2, -0.15) is 0 Å². The zero-order valence-corrected chi connectivity index (χ0v) is 13.4. The Morgan fingerprint density at radius 3 is 2.43 bits per heavy atom. The van der Waals surface area contributed by atoms with Crippen LogP contribution >= 0.6 is 0 Å². The zero-order valence-electron chi connectivity index (χ0n) is 13.4. The molecule has 1 aliphatic rings. The Bertz CT molecular complexity index is 745. The molecule has 5 nitrogen and oxygen atoms in total. The maximum atomic E-state index is 12.3. The zero-order chi connectivity index (χ0) is 16.6. The maximum Gasteiger partial charge on any atom is 0.247 e. The van der Waals surface area contributed by atoms with Crippen molar-refractivity contribution in [2.75, 3.05) is 19.1 Å². The molecule has 1 heterocycles. The van der Waals surface area contributed by atoms with Crippen LogP contribution in [0.25, 0.3) is 0 Å². The van der Waals surface area contributed by atoms with Crippen LogP contribution in [0.4, 0.5) is 5.69 Å². The van der Waals surface area contributed by atoms with Gasteiger partial charge >= 0.3 is 0 Å². The number of hydrogen-bond acceptors (Lipinski definition) is 4. The first kappa shape index (κ1) is 15.4. The first-order valence-corrected chi connectivity index (χ1v) is 7.44. The van der Waals surface area contributed by atoms with Crippen LogP contribution in [0.15, 0.2) is 42.5 Å². The van der Waals surface area contributed by atoms with Gasteiger partial charge in [0.1, 0.15) is 6.04 Å². The van der Waals surface area contributed by atoms with Crippen LogP contribution in [0.3, 0.4) is 0 Å². The first-order valence-electron chi connectivity index (χ1n) is 7.44. The highest BCUT2D eigenvalue weighted by Crippen LogP contribution is 2.41. The highest BCUT2D eigenvalue weighted by Gasteiger charge is 2.46. The molecule has 0 saturated carbocycles. The summed E-state index contributed by atoms with van der Waals surface area (Å²) in [6.45, 7) is 2.00. The van der Waals surface area contributed by atoms with Gasteiger partial charge in [-0.05, 0) is 42.3 Å². The van der Waals surface area contributed by atoms with Crippen molar-refractivity contribution in [3.8, 4) is 11.5 Å². The monoisotopic (exact) mass is 312 g/mol. The van der Waals surface area contributed by atoms with E-state index in [-0.39, 0.29) is 11.9 Å². The SMILES string of the molecule is COc1ccc([C@@H]2[C@@H](N)C(=O)N2c2cccc(C)c2)cc1OC. The average molecular weight is 312 g/mol. The predicted octanol–water partition coefficient (Wildman–Crippen LogP) is 2.43. The molecule has 2 N–H and O–H groups in total. The van der Waals surface area contributed by atoms with Gasteiger partial charge < -0.3 is 20.1 Å². The number of benzene rings is 2. The molecule has 1 amide bonds. The van der Waals surface area contributed by atoms with Crippen LogP contribution in [0.1, 0.15) is 17.2 Å². The lowest BCUT2D eigenvalue weighted by atomic mass is 9.88. The molecule has 23 heavy (non-hydrogen) atoms. The fourth-order valence-electron chi connectivity index (χ4n) is 2.97. The first-order chi connectivity index (χ1) is 11.1. The molecule has 2 atom stereocenters. The van der Waals surface area contributed by atoms with Gasteiger partial charge in [0.15, 0.2) is 11.5 Å². The fourth-order valence-corrected chi connectivity index (χ4v) is 2.97. The Kier molecular flexibility index (Phi) is 3.96. The van der Waals surface area contributed by atoms with E-state index in [4.69, 9.17) is 15.2 Å². The molecular weight excluding hydrogens is 292 g/mol.